The van der Waals surface area contributed by atoms with Crippen molar-refractivity contribution in [2.75, 3.05) is 0 Å². The predicted molar refractivity (Wildman–Crippen MR) is 66.9 cm³/mol. The molecule has 1 aromatic carbocycles. The van der Waals surface area contributed by atoms with Gasteiger partial charge in [-0.2, -0.15) is 13.2 Å². The van der Waals surface area contributed by atoms with E-state index in [9.17, 15) is 23.1 Å². The van der Waals surface area contributed by atoms with Crippen LogP contribution in [0.1, 0.15) is 30.9 Å². The molecular weight excluding hydrogens is 325 g/mol. The molecule has 104 valence electrons. The molecule has 1 fully saturated rings. The van der Waals surface area contributed by atoms with E-state index in [0.717, 1.165) is 12.1 Å². The quantitative estimate of drug-likeness (QED) is 0.877. The Labute approximate surface area is 116 Å². The van der Waals surface area contributed by atoms with Crippen LogP contribution in [0, 0.1) is 5.92 Å². The Morgan fingerprint density at radius 1 is 1.37 bits per heavy atom. The third kappa shape index (κ3) is 2.50. The number of aliphatic carboxylic acids is 1. The molecule has 1 aliphatic rings. The molecule has 2 rings (SSSR count). The molecule has 0 aromatic heterocycles. The van der Waals surface area contributed by atoms with Gasteiger partial charge >= 0.3 is 12.1 Å². The van der Waals surface area contributed by atoms with E-state index in [2.05, 4.69) is 15.9 Å². The number of carboxylic acid groups (broad SMARTS) is 1. The van der Waals surface area contributed by atoms with E-state index in [1.165, 1.54) is 6.07 Å². The lowest BCUT2D eigenvalue weighted by Gasteiger charge is -2.43. The normalized spacial score (nSPS) is 26.9. The Hall–Kier alpha value is -1.04. The smallest absolute Gasteiger partial charge is 0.416 e. The third-order valence-electron chi connectivity index (χ3n) is 3.58. The fraction of sp³-hybridized carbons (Fsp3) is 0.462. The second kappa shape index (κ2) is 4.51. The van der Waals surface area contributed by atoms with Gasteiger partial charge in [0.1, 0.15) is 0 Å². The number of alkyl halides is 3. The lowest BCUT2D eigenvalue weighted by molar-refractivity contribution is -0.150. The first kappa shape index (κ1) is 14.4. The molecule has 19 heavy (non-hydrogen) atoms. The maximum absolute atomic E-state index is 12.8. The number of halogens is 4. The molecule has 1 N–H and O–H groups in total. The minimum Gasteiger partial charge on any atom is -0.481 e. The summed E-state index contributed by atoms with van der Waals surface area (Å²) < 4.78 is 38.6. The van der Waals surface area contributed by atoms with E-state index < -0.39 is 23.1 Å². The molecule has 6 heteroatoms. The van der Waals surface area contributed by atoms with Crippen LogP contribution in [-0.2, 0) is 16.4 Å². The number of benzene rings is 1. The molecule has 0 aliphatic heterocycles. The Kier molecular flexibility index (Phi) is 3.41. The standard InChI is InChI=1S/C13H12BrF3O2/c1-7-5-12(6-7,11(18)19)8-2-9(13(15,16)17)4-10(14)3-8/h2-4,7H,5-6H2,1H3,(H,18,19). The van der Waals surface area contributed by atoms with E-state index >= 15 is 0 Å². The van der Waals surface area contributed by atoms with Gasteiger partial charge in [0.05, 0.1) is 11.0 Å². The first-order valence-corrected chi connectivity index (χ1v) is 6.56. The average molecular weight is 337 g/mol. The van der Waals surface area contributed by atoms with Gasteiger partial charge in [-0.05, 0) is 42.5 Å². The van der Waals surface area contributed by atoms with Crippen LogP contribution in [0.2, 0.25) is 0 Å². The molecule has 0 radical (unpaired) electrons. The zero-order chi connectivity index (χ0) is 14.4. The highest BCUT2D eigenvalue weighted by Gasteiger charge is 2.50. The Bertz CT molecular complexity index is 519. The molecule has 0 spiro atoms. The molecule has 1 saturated carbocycles. The maximum Gasteiger partial charge on any atom is 0.416 e. The van der Waals surface area contributed by atoms with Gasteiger partial charge in [0.15, 0.2) is 0 Å². The number of carboxylic acids is 1. The van der Waals surface area contributed by atoms with E-state index in [0.29, 0.717) is 12.8 Å². The number of carbonyl (C=O) groups is 1. The summed E-state index contributed by atoms with van der Waals surface area (Å²) in [6.45, 7) is 1.89. The van der Waals surface area contributed by atoms with Gasteiger partial charge in [-0.3, -0.25) is 4.79 Å². The van der Waals surface area contributed by atoms with E-state index in [1.807, 2.05) is 6.92 Å². The van der Waals surface area contributed by atoms with Crippen LogP contribution in [0.15, 0.2) is 22.7 Å². The molecule has 1 aliphatic carbocycles. The van der Waals surface area contributed by atoms with Crippen molar-refractivity contribution in [3.63, 3.8) is 0 Å². The fourth-order valence-electron chi connectivity index (χ4n) is 2.69. The zero-order valence-corrected chi connectivity index (χ0v) is 11.7. The number of rotatable bonds is 2. The van der Waals surface area contributed by atoms with Crippen LogP contribution in [0.4, 0.5) is 13.2 Å². The maximum atomic E-state index is 12.8. The minimum atomic E-state index is -4.48. The van der Waals surface area contributed by atoms with Crippen molar-refractivity contribution < 1.29 is 23.1 Å². The molecule has 0 amide bonds. The monoisotopic (exact) mass is 336 g/mol. The molecule has 0 unspecified atom stereocenters. The molecule has 2 nitrogen and oxygen atoms in total. The van der Waals surface area contributed by atoms with Crippen LogP contribution in [0.5, 0.6) is 0 Å². The van der Waals surface area contributed by atoms with Gasteiger partial charge in [0.25, 0.3) is 0 Å². The highest BCUT2D eigenvalue weighted by Crippen LogP contribution is 2.49. The largest absolute Gasteiger partial charge is 0.481 e. The SMILES string of the molecule is CC1CC(C(=O)O)(c2cc(Br)cc(C(F)(F)F)c2)C1. The van der Waals surface area contributed by atoms with Crippen molar-refractivity contribution in [3.05, 3.63) is 33.8 Å². The van der Waals surface area contributed by atoms with Crippen molar-refractivity contribution in [1.29, 1.82) is 0 Å². The van der Waals surface area contributed by atoms with Gasteiger partial charge in [-0.1, -0.05) is 22.9 Å². The summed E-state index contributed by atoms with van der Waals surface area (Å²) in [7, 11) is 0. The zero-order valence-electron chi connectivity index (χ0n) is 10.1. The van der Waals surface area contributed by atoms with Crippen LogP contribution in [0.3, 0.4) is 0 Å². The van der Waals surface area contributed by atoms with Crippen molar-refractivity contribution in [1.82, 2.24) is 0 Å². The predicted octanol–water partition coefficient (Wildman–Crippen LogP) is 4.22. The van der Waals surface area contributed by atoms with Crippen LogP contribution < -0.4 is 0 Å². The van der Waals surface area contributed by atoms with Crippen molar-refractivity contribution in [2.24, 2.45) is 5.92 Å². The summed E-state index contributed by atoms with van der Waals surface area (Å²) in [6.07, 6.45) is -3.74. The second-order valence-corrected chi connectivity index (χ2v) is 6.04. The van der Waals surface area contributed by atoms with E-state index in [-0.39, 0.29) is 16.0 Å². The highest BCUT2D eigenvalue weighted by atomic mass is 79.9. The molecular formula is C13H12BrF3O2. The third-order valence-corrected chi connectivity index (χ3v) is 4.04. The molecule has 0 bridgehead atoms. The summed E-state index contributed by atoms with van der Waals surface area (Å²) in [5.41, 5.74) is -1.78. The van der Waals surface area contributed by atoms with Gasteiger partial charge in [-0.25, -0.2) is 0 Å². The van der Waals surface area contributed by atoms with Crippen molar-refractivity contribution in [3.8, 4) is 0 Å². The average Bonchev–Trinajstić information content (AvgIpc) is 2.21. The van der Waals surface area contributed by atoms with Crippen molar-refractivity contribution in [2.45, 2.75) is 31.4 Å². The summed E-state index contributed by atoms with van der Waals surface area (Å²) in [5.74, 6) is -0.846. The highest BCUT2D eigenvalue weighted by molar-refractivity contribution is 9.10. The first-order chi connectivity index (χ1) is 8.65. The first-order valence-electron chi connectivity index (χ1n) is 5.77. The van der Waals surface area contributed by atoms with E-state index in [1.54, 1.807) is 0 Å². The fourth-order valence-corrected chi connectivity index (χ4v) is 3.19. The van der Waals surface area contributed by atoms with Gasteiger partial charge < -0.3 is 5.11 Å². The topological polar surface area (TPSA) is 37.3 Å². The molecule has 1 aromatic rings. The van der Waals surface area contributed by atoms with E-state index in [4.69, 9.17) is 0 Å². The lowest BCUT2D eigenvalue weighted by Crippen LogP contribution is -2.47. The van der Waals surface area contributed by atoms with Crippen LogP contribution in [-0.4, -0.2) is 11.1 Å². The number of hydrogen-bond acceptors (Lipinski definition) is 1. The Balaban J connectivity index is 2.50. The molecule has 0 saturated heterocycles. The van der Waals surface area contributed by atoms with Crippen LogP contribution in [0.25, 0.3) is 0 Å². The van der Waals surface area contributed by atoms with Crippen molar-refractivity contribution >= 4 is 21.9 Å². The summed E-state index contributed by atoms with van der Waals surface area (Å²) in [6, 6.07) is 3.38. The minimum absolute atomic E-state index is 0.212. The summed E-state index contributed by atoms with van der Waals surface area (Å²) in [4.78, 5) is 11.4. The Morgan fingerprint density at radius 3 is 2.37 bits per heavy atom. The van der Waals surface area contributed by atoms with Gasteiger partial charge in [0, 0.05) is 4.47 Å². The Morgan fingerprint density at radius 2 is 1.95 bits per heavy atom. The number of hydrogen-bond donors (Lipinski definition) is 1. The summed E-state index contributed by atoms with van der Waals surface area (Å²) in [5, 5.41) is 9.34. The van der Waals surface area contributed by atoms with Gasteiger partial charge in [0.2, 0.25) is 0 Å². The second-order valence-electron chi connectivity index (χ2n) is 5.13. The van der Waals surface area contributed by atoms with Gasteiger partial charge in [-0.15, -0.1) is 0 Å². The molecule has 0 atom stereocenters. The lowest BCUT2D eigenvalue weighted by atomic mass is 9.59. The summed E-state index contributed by atoms with van der Waals surface area (Å²) >= 11 is 3.02. The molecule has 0 heterocycles. The van der Waals surface area contributed by atoms with Crippen LogP contribution >= 0.6 is 15.9 Å².